The normalized spacial score (nSPS) is 18.4. The minimum Gasteiger partial charge on any atom is -0.370 e. The average molecular weight is 381 g/mol. The van der Waals surface area contributed by atoms with Crippen LogP contribution in [0.5, 0.6) is 0 Å². The fourth-order valence-corrected chi connectivity index (χ4v) is 3.98. The summed E-state index contributed by atoms with van der Waals surface area (Å²) < 4.78 is 11.6. The molecule has 2 aromatic rings. The number of aryl methyl sites for hydroxylation is 2. The number of nitrogens with one attached hydrogen (secondary N) is 1. The summed E-state index contributed by atoms with van der Waals surface area (Å²) in [5.41, 5.74) is 4.52. The zero-order valence-electron chi connectivity index (χ0n) is 16.5. The van der Waals surface area contributed by atoms with E-state index in [-0.39, 0.29) is 11.7 Å². The first-order valence-electron chi connectivity index (χ1n) is 9.99. The largest absolute Gasteiger partial charge is 0.370 e. The van der Waals surface area contributed by atoms with E-state index in [4.69, 9.17) is 9.47 Å². The maximum Gasteiger partial charge on any atom is 0.274 e. The highest BCUT2D eigenvalue weighted by molar-refractivity contribution is 6.03. The molecule has 2 saturated heterocycles. The van der Waals surface area contributed by atoms with Crippen LogP contribution in [0.2, 0.25) is 0 Å². The summed E-state index contributed by atoms with van der Waals surface area (Å²) in [5.74, 6) is -0.560. The number of carbonyl (C=O) groups is 1. The molecule has 4 rings (SSSR count). The lowest BCUT2D eigenvalue weighted by Gasteiger charge is -2.38. The van der Waals surface area contributed by atoms with Crippen LogP contribution >= 0.6 is 0 Å². The summed E-state index contributed by atoms with van der Waals surface area (Å²) in [5, 5.41) is 3.03. The lowest BCUT2D eigenvalue weighted by Crippen LogP contribution is -2.45. The Bertz CT molecular complexity index is 835. The van der Waals surface area contributed by atoms with Gasteiger partial charge in [0.25, 0.3) is 5.91 Å². The van der Waals surface area contributed by atoms with Crippen LogP contribution in [0.25, 0.3) is 0 Å². The molecule has 0 radical (unpaired) electrons. The Morgan fingerprint density at radius 1 is 1.18 bits per heavy atom. The Morgan fingerprint density at radius 3 is 2.57 bits per heavy atom. The SMILES string of the molecule is CCc1cccc(C)c1NC(=O)c1ccc(N2CCC3(CC2)OCCO3)cn1. The van der Waals surface area contributed by atoms with E-state index >= 15 is 0 Å². The number of pyridine rings is 1. The van der Waals surface area contributed by atoms with Crippen molar-refractivity contribution in [3.63, 3.8) is 0 Å². The van der Waals surface area contributed by atoms with Crippen LogP contribution in [0, 0.1) is 6.92 Å². The molecule has 2 aliphatic rings. The lowest BCUT2D eigenvalue weighted by atomic mass is 10.0. The highest BCUT2D eigenvalue weighted by atomic mass is 16.7. The molecule has 1 N–H and O–H groups in total. The molecule has 0 bridgehead atoms. The molecule has 2 aliphatic heterocycles. The number of amides is 1. The first kappa shape index (κ1) is 18.9. The third-order valence-corrected chi connectivity index (χ3v) is 5.66. The molecule has 1 amide bonds. The Morgan fingerprint density at radius 2 is 1.93 bits per heavy atom. The number of piperidine rings is 1. The molecule has 1 spiro atoms. The number of hydrogen-bond donors (Lipinski definition) is 1. The van der Waals surface area contributed by atoms with Gasteiger partial charge in [0.2, 0.25) is 0 Å². The molecule has 148 valence electrons. The molecule has 1 aromatic carbocycles. The van der Waals surface area contributed by atoms with Crippen LogP contribution in [-0.2, 0) is 15.9 Å². The van der Waals surface area contributed by atoms with Crippen LogP contribution in [0.15, 0.2) is 36.5 Å². The van der Waals surface area contributed by atoms with E-state index in [2.05, 4.69) is 22.1 Å². The van der Waals surface area contributed by atoms with Crippen molar-refractivity contribution in [2.45, 2.75) is 38.9 Å². The second kappa shape index (κ2) is 7.89. The van der Waals surface area contributed by atoms with Crippen molar-refractivity contribution >= 4 is 17.3 Å². The molecule has 0 atom stereocenters. The van der Waals surface area contributed by atoms with Crippen molar-refractivity contribution in [1.29, 1.82) is 0 Å². The average Bonchev–Trinajstić information content (AvgIpc) is 3.18. The number of benzene rings is 1. The van der Waals surface area contributed by atoms with Crippen LogP contribution in [0.4, 0.5) is 11.4 Å². The molecular formula is C22H27N3O3. The van der Waals surface area contributed by atoms with Gasteiger partial charge in [-0.3, -0.25) is 4.79 Å². The molecule has 6 nitrogen and oxygen atoms in total. The van der Waals surface area contributed by atoms with E-state index in [1.807, 2.05) is 31.2 Å². The summed E-state index contributed by atoms with van der Waals surface area (Å²) in [6, 6.07) is 9.82. The van der Waals surface area contributed by atoms with E-state index in [1.165, 1.54) is 0 Å². The van der Waals surface area contributed by atoms with Crippen LogP contribution in [0.3, 0.4) is 0 Å². The highest BCUT2D eigenvalue weighted by Crippen LogP contribution is 2.33. The molecule has 2 fully saturated rings. The maximum atomic E-state index is 12.7. The number of aromatic nitrogens is 1. The zero-order chi connectivity index (χ0) is 19.6. The van der Waals surface area contributed by atoms with Gasteiger partial charge < -0.3 is 19.7 Å². The van der Waals surface area contributed by atoms with E-state index in [0.29, 0.717) is 18.9 Å². The van der Waals surface area contributed by atoms with Crippen molar-refractivity contribution in [2.24, 2.45) is 0 Å². The molecule has 6 heteroatoms. The monoisotopic (exact) mass is 381 g/mol. The summed E-state index contributed by atoms with van der Waals surface area (Å²) in [6.45, 7) is 7.18. The van der Waals surface area contributed by atoms with Crippen LogP contribution in [0.1, 0.15) is 41.4 Å². The third-order valence-electron chi connectivity index (χ3n) is 5.66. The van der Waals surface area contributed by atoms with Crippen molar-refractivity contribution < 1.29 is 14.3 Å². The lowest BCUT2D eigenvalue weighted by molar-refractivity contribution is -0.169. The Labute approximate surface area is 165 Å². The van der Waals surface area contributed by atoms with Gasteiger partial charge in [0.05, 0.1) is 25.1 Å². The fraction of sp³-hybridized carbons (Fsp3) is 0.455. The van der Waals surface area contributed by atoms with Gasteiger partial charge >= 0.3 is 0 Å². The Kier molecular flexibility index (Phi) is 5.33. The Hall–Kier alpha value is -2.44. The number of anilines is 2. The van der Waals surface area contributed by atoms with E-state index < -0.39 is 0 Å². The van der Waals surface area contributed by atoms with E-state index in [9.17, 15) is 4.79 Å². The van der Waals surface area contributed by atoms with Gasteiger partial charge in [-0.05, 0) is 36.6 Å². The number of carbonyl (C=O) groups excluding carboxylic acids is 1. The fourth-order valence-electron chi connectivity index (χ4n) is 3.98. The first-order valence-corrected chi connectivity index (χ1v) is 9.99. The molecule has 3 heterocycles. The molecule has 1 aromatic heterocycles. The molecule has 0 aliphatic carbocycles. The van der Waals surface area contributed by atoms with Gasteiger partial charge in [-0.1, -0.05) is 25.1 Å². The van der Waals surface area contributed by atoms with Gasteiger partial charge in [0.1, 0.15) is 5.69 Å². The van der Waals surface area contributed by atoms with Gasteiger partial charge in [-0.15, -0.1) is 0 Å². The minimum atomic E-state index is -0.381. The number of nitrogens with zero attached hydrogens (tertiary/aromatic N) is 2. The van der Waals surface area contributed by atoms with Crippen molar-refractivity contribution in [3.8, 4) is 0 Å². The highest BCUT2D eigenvalue weighted by Gasteiger charge is 2.39. The quantitative estimate of drug-likeness (QED) is 0.878. The van der Waals surface area contributed by atoms with Gasteiger partial charge in [0.15, 0.2) is 5.79 Å². The second-order valence-corrected chi connectivity index (χ2v) is 7.41. The van der Waals surface area contributed by atoms with Gasteiger partial charge in [-0.25, -0.2) is 4.98 Å². The number of rotatable bonds is 4. The summed E-state index contributed by atoms with van der Waals surface area (Å²) in [4.78, 5) is 19.3. The number of para-hydroxylation sites is 1. The predicted molar refractivity (Wildman–Crippen MR) is 109 cm³/mol. The maximum absolute atomic E-state index is 12.7. The second-order valence-electron chi connectivity index (χ2n) is 7.41. The first-order chi connectivity index (χ1) is 13.6. The van der Waals surface area contributed by atoms with Gasteiger partial charge in [0, 0.05) is 31.6 Å². The smallest absolute Gasteiger partial charge is 0.274 e. The third kappa shape index (κ3) is 3.75. The summed E-state index contributed by atoms with van der Waals surface area (Å²) in [7, 11) is 0. The predicted octanol–water partition coefficient (Wildman–Crippen LogP) is 3.55. The number of ether oxygens (including phenoxy) is 2. The number of hydrogen-bond acceptors (Lipinski definition) is 5. The van der Waals surface area contributed by atoms with Crippen molar-refractivity contribution in [2.75, 3.05) is 36.5 Å². The molecular weight excluding hydrogens is 354 g/mol. The summed E-state index contributed by atoms with van der Waals surface area (Å²) >= 11 is 0. The van der Waals surface area contributed by atoms with Crippen molar-refractivity contribution in [1.82, 2.24) is 4.98 Å². The molecule has 28 heavy (non-hydrogen) atoms. The summed E-state index contributed by atoms with van der Waals surface area (Å²) in [6.07, 6.45) is 4.35. The van der Waals surface area contributed by atoms with Crippen molar-refractivity contribution in [3.05, 3.63) is 53.3 Å². The minimum absolute atomic E-state index is 0.180. The zero-order valence-corrected chi connectivity index (χ0v) is 16.5. The Balaban J connectivity index is 1.41. The molecule has 0 unspecified atom stereocenters. The standard InChI is InChI=1S/C22H27N3O3/c1-3-17-6-4-5-16(2)20(17)24-21(26)19-8-7-18(15-23-19)25-11-9-22(10-12-25)27-13-14-28-22/h4-8,15H,3,9-14H2,1-2H3,(H,24,26). The van der Waals surface area contributed by atoms with Crippen LogP contribution < -0.4 is 10.2 Å². The molecule has 0 saturated carbocycles. The van der Waals surface area contributed by atoms with E-state index in [0.717, 1.165) is 54.9 Å². The topological polar surface area (TPSA) is 63.7 Å². The van der Waals surface area contributed by atoms with Gasteiger partial charge in [-0.2, -0.15) is 0 Å². The van der Waals surface area contributed by atoms with E-state index in [1.54, 1.807) is 12.3 Å². The van der Waals surface area contributed by atoms with Crippen LogP contribution in [-0.4, -0.2) is 43.0 Å².